The minimum Gasteiger partial charge on any atom is -0.376 e. The first-order valence-electron chi connectivity index (χ1n) is 6.28. The molecular formula is C13H16N4O. The Bertz CT molecular complexity index is 491. The number of anilines is 2. The van der Waals surface area contributed by atoms with Crippen molar-refractivity contribution in [2.24, 2.45) is 0 Å². The van der Waals surface area contributed by atoms with E-state index >= 15 is 0 Å². The molecular weight excluding hydrogens is 228 g/mol. The number of hydrogen-bond acceptors (Lipinski definition) is 5. The second kappa shape index (κ2) is 5.08. The number of para-hydroxylation sites is 1. The molecule has 0 saturated carbocycles. The molecule has 1 aliphatic rings. The number of nitrogens with one attached hydrogen (secondary N) is 1. The van der Waals surface area contributed by atoms with E-state index in [9.17, 15) is 0 Å². The van der Waals surface area contributed by atoms with E-state index in [2.05, 4.69) is 20.4 Å². The van der Waals surface area contributed by atoms with Crippen LogP contribution >= 0.6 is 0 Å². The summed E-state index contributed by atoms with van der Waals surface area (Å²) in [6.07, 6.45) is 2.43. The van der Waals surface area contributed by atoms with Crippen molar-refractivity contribution >= 4 is 11.6 Å². The average molecular weight is 244 g/mol. The summed E-state index contributed by atoms with van der Waals surface area (Å²) in [5.74, 6) is 1.35. The lowest BCUT2D eigenvalue weighted by Crippen LogP contribution is -2.18. The predicted octanol–water partition coefficient (Wildman–Crippen LogP) is 2.28. The van der Waals surface area contributed by atoms with Crippen molar-refractivity contribution in [1.82, 2.24) is 10.1 Å². The molecule has 5 nitrogen and oxygen atoms in total. The fraction of sp³-hybridized carbons (Fsp3) is 0.385. The zero-order valence-corrected chi connectivity index (χ0v) is 10.2. The van der Waals surface area contributed by atoms with E-state index in [1.54, 1.807) is 0 Å². The molecule has 2 heterocycles. The van der Waals surface area contributed by atoms with Crippen LogP contribution in [0.2, 0.25) is 0 Å². The van der Waals surface area contributed by atoms with Crippen molar-refractivity contribution in [3.05, 3.63) is 36.2 Å². The van der Waals surface area contributed by atoms with E-state index < -0.39 is 0 Å². The fourth-order valence-electron chi connectivity index (χ4n) is 2.10. The summed E-state index contributed by atoms with van der Waals surface area (Å²) in [5.41, 5.74) is 1.05. The van der Waals surface area contributed by atoms with Crippen LogP contribution < -0.4 is 10.2 Å². The molecule has 0 amide bonds. The first-order valence-corrected chi connectivity index (χ1v) is 6.28. The van der Waals surface area contributed by atoms with Crippen molar-refractivity contribution in [3.63, 3.8) is 0 Å². The van der Waals surface area contributed by atoms with Crippen LogP contribution in [0, 0.1) is 0 Å². The first kappa shape index (κ1) is 11.1. The molecule has 0 bridgehead atoms. The van der Waals surface area contributed by atoms with Crippen LogP contribution in [0.1, 0.15) is 18.7 Å². The van der Waals surface area contributed by atoms with E-state index in [0.717, 1.165) is 24.7 Å². The summed E-state index contributed by atoms with van der Waals surface area (Å²) in [5, 5.41) is 7.26. The van der Waals surface area contributed by atoms with Crippen LogP contribution in [0.3, 0.4) is 0 Å². The summed E-state index contributed by atoms with van der Waals surface area (Å²) in [7, 11) is 0. The first-order chi connectivity index (χ1) is 8.92. The van der Waals surface area contributed by atoms with Gasteiger partial charge in [-0.3, -0.25) is 0 Å². The molecule has 2 aromatic rings. The van der Waals surface area contributed by atoms with Crippen molar-refractivity contribution in [1.29, 1.82) is 0 Å². The monoisotopic (exact) mass is 244 g/mol. The fourth-order valence-corrected chi connectivity index (χ4v) is 2.10. The van der Waals surface area contributed by atoms with Gasteiger partial charge < -0.3 is 14.7 Å². The molecule has 1 fully saturated rings. The van der Waals surface area contributed by atoms with Crippen molar-refractivity contribution in [2.75, 3.05) is 23.3 Å². The Hall–Kier alpha value is -2.04. The summed E-state index contributed by atoms with van der Waals surface area (Å²) >= 11 is 0. The molecule has 18 heavy (non-hydrogen) atoms. The van der Waals surface area contributed by atoms with E-state index in [1.165, 1.54) is 12.8 Å². The van der Waals surface area contributed by atoms with Crippen LogP contribution in [-0.4, -0.2) is 23.2 Å². The molecule has 1 N–H and O–H groups in total. The van der Waals surface area contributed by atoms with Gasteiger partial charge in [-0.1, -0.05) is 18.2 Å². The van der Waals surface area contributed by atoms with E-state index in [-0.39, 0.29) is 0 Å². The Balaban J connectivity index is 1.60. The second-order valence-corrected chi connectivity index (χ2v) is 4.40. The predicted molar refractivity (Wildman–Crippen MR) is 69.5 cm³/mol. The SMILES string of the molecule is c1ccc(NCc2nc(N3CCCC3)no2)cc1. The Labute approximate surface area is 106 Å². The molecule has 1 aliphatic heterocycles. The van der Waals surface area contributed by atoms with E-state index in [0.29, 0.717) is 12.4 Å². The molecule has 0 aliphatic carbocycles. The van der Waals surface area contributed by atoms with Crippen LogP contribution in [0.4, 0.5) is 11.6 Å². The number of aromatic nitrogens is 2. The molecule has 3 rings (SSSR count). The molecule has 0 atom stereocenters. The minimum absolute atomic E-state index is 0.560. The number of hydrogen-bond donors (Lipinski definition) is 1. The summed E-state index contributed by atoms with van der Waals surface area (Å²) in [4.78, 5) is 6.56. The molecule has 1 aromatic heterocycles. The highest BCUT2D eigenvalue weighted by atomic mass is 16.5. The van der Waals surface area contributed by atoms with Gasteiger partial charge in [0, 0.05) is 18.8 Å². The van der Waals surface area contributed by atoms with Gasteiger partial charge in [-0.25, -0.2) is 0 Å². The summed E-state index contributed by atoms with van der Waals surface area (Å²) < 4.78 is 5.23. The van der Waals surface area contributed by atoms with Crippen LogP contribution in [-0.2, 0) is 6.54 Å². The highest BCUT2D eigenvalue weighted by Crippen LogP contribution is 2.16. The summed E-state index contributed by atoms with van der Waals surface area (Å²) in [6.45, 7) is 2.63. The zero-order valence-electron chi connectivity index (χ0n) is 10.2. The van der Waals surface area contributed by atoms with Crippen molar-refractivity contribution in [2.45, 2.75) is 19.4 Å². The van der Waals surface area contributed by atoms with Gasteiger partial charge in [0.25, 0.3) is 5.95 Å². The lowest BCUT2D eigenvalue weighted by molar-refractivity contribution is 0.383. The number of benzene rings is 1. The zero-order chi connectivity index (χ0) is 12.2. The maximum atomic E-state index is 5.23. The number of rotatable bonds is 4. The van der Waals surface area contributed by atoms with Crippen LogP contribution in [0.5, 0.6) is 0 Å². The topological polar surface area (TPSA) is 54.2 Å². The molecule has 94 valence electrons. The maximum Gasteiger partial charge on any atom is 0.266 e. The molecule has 0 unspecified atom stereocenters. The molecule has 1 aromatic carbocycles. The van der Waals surface area contributed by atoms with Crippen molar-refractivity contribution in [3.8, 4) is 0 Å². The minimum atomic E-state index is 0.560. The highest BCUT2D eigenvalue weighted by Gasteiger charge is 2.17. The Kier molecular flexibility index (Phi) is 3.12. The van der Waals surface area contributed by atoms with Gasteiger partial charge in [-0.05, 0) is 30.1 Å². The molecule has 0 spiro atoms. The second-order valence-electron chi connectivity index (χ2n) is 4.40. The largest absolute Gasteiger partial charge is 0.376 e. The maximum absolute atomic E-state index is 5.23. The quantitative estimate of drug-likeness (QED) is 0.894. The third-order valence-corrected chi connectivity index (χ3v) is 3.06. The van der Waals surface area contributed by atoms with Gasteiger partial charge >= 0.3 is 0 Å². The lowest BCUT2D eigenvalue weighted by Gasteiger charge is -2.09. The molecule has 0 radical (unpaired) electrons. The molecule has 1 saturated heterocycles. The Morgan fingerprint density at radius 3 is 2.72 bits per heavy atom. The smallest absolute Gasteiger partial charge is 0.266 e. The Morgan fingerprint density at radius 1 is 1.17 bits per heavy atom. The number of nitrogens with zero attached hydrogens (tertiary/aromatic N) is 3. The van der Waals surface area contributed by atoms with Gasteiger partial charge in [-0.15, -0.1) is 0 Å². The highest BCUT2D eigenvalue weighted by molar-refractivity contribution is 5.42. The average Bonchev–Trinajstić information content (AvgIpc) is 3.08. The van der Waals surface area contributed by atoms with Gasteiger partial charge in [-0.2, -0.15) is 4.98 Å². The lowest BCUT2D eigenvalue weighted by atomic mass is 10.3. The van der Waals surface area contributed by atoms with Gasteiger partial charge in [0.05, 0.1) is 6.54 Å². The van der Waals surface area contributed by atoms with Crippen LogP contribution in [0.15, 0.2) is 34.9 Å². The van der Waals surface area contributed by atoms with Crippen molar-refractivity contribution < 1.29 is 4.52 Å². The molecule has 5 heteroatoms. The van der Waals surface area contributed by atoms with Gasteiger partial charge in [0.2, 0.25) is 5.89 Å². The normalized spacial score (nSPS) is 15.0. The third-order valence-electron chi connectivity index (χ3n) is 3.06. The Morgan fingerprint density at radius 2 is 1.94 bits per heavy atom. The standard InChI is InChI=1S/C13H16N4O/c1-2-6-11(7-3-1)14-10-12-15-13(16-18-12)17-8-4-5-9-17/h1-3,6-7,14H,4-5,8-10H2. The summed E-state index contributed by atoms with van der Waals surface area (Å²) in [6, 6.07) is 10.00. The van der Waals surface area contributed by atoms with E-state index in [1.807, 2.05) is 30.3 Å². The van der Waals surface area contributed by atoms with E-state index in [4.69, 9.17) is 4.52 Å². The van der Waals surface area contributed by atoms with Gasteiger partial charge in [0.15, 0.2) is 0 Å². The third kappa shape index (κ3) is 2.45. The van der Waals surface area contributed by atoms with Gasteiger partial charge in [0.1, 0.15) is 0 Å². The van der Waals surface area contributed by atoms with Crippen LogP contribution in [0.25, 0.3) is 0 Å².